The molecule has 1 unspecified atom stereocenters. The average molecular weight is 454 g/mol. The molecule has 0 bridgehead atoms. The zero-order chi connectivity index (χ0) is 22.9. The Kier molecular flexibility index (Phi) is 8.11. The standard InChI is InChI=1S/C25H24ClNO5/c1-30-21-13-8-17(14-22(21)31-2)15-24(29)32-16-23(28)27-25(18-6-4-3-5-7-18)19-9-11-20(26)12-10-19/h3-14,25H,15-16H2,1-2H3,(H,27,28). The minimum atomic E-state index is -0.518. The Morgan fingerprint density at radius 1 is 0.875 bits per heavy atom. The van der Waals surface area contributed by atoms with Crippen molar-refractivity contribution in [3.63, 3.8) is 0 Å². The van der Waals surface area contributed by atoms with E-state index in [2.05, 4.69) is 5.32 Å². The van der Waals surface area contributed by atoms with E-state index in [0.717, 1.165) is 11.1 Å². The number of ether oxygens (including phenoxy) is 3. The van der Waals surface area contributed by atoms with Crippen LogP contribution in [0.1, 0.15) is 22.7 Å². The molecule has 1 amide bonds. The fourth-order valence-corrected chi connectivity index (χ4v) is 3.34. The molecule has 0 aliphatic rings. The number of benzene rings is 3. The minimum Gasteiger partial charge on any atom is -0.493 e. The molecule has 3 rings (SSSR count). The predicted molar refractivity (Wildman–Crippen MR) is 122 cm³/mol. The third-order valence-electron chi connectivity index (χ3n) is 4.80. The fourth-order valence-electron chi connectivity index (χ4n) is 3.22. The lowest BCUT2D eigenvalue weighted by atomic mass is 9.99. The third-order valence-corrected chi connectivity index (χ3v) is 5.05. The number of methoxy groups -OCH3 is 2. The van der Waals surface area contributed by atoms with Gasteiger partial charge in [-0.3, -0.25) is 9.59 Å². The molecule has 3 aromatic carbocycles. The second-order valence-electron chi connectivity index (χ2n) is 6.99. The molecular formula is C25H24ClNO5. The molecule has 1 N–H and O–H groups in total. The smallest absolute Gasteiger partial charge is 0.310 e. The maximum absolute atomic E-state index is 12.6. The summed E-state index contributed by atoms with van der Waals surface area (Å²) < 4.78 is 15.6. The van der Waals surface area contributed by atoms with Gasteiger partial charge in [-0.2, -0.15) is 0 Å². The average Bonchev–Trinajstić information content (AvgIpc) is 2.82. The first-order valence-electron chi connectivity index (χ1n) is 9.96. The van der Waals surface area contributed by atoms with Crippen LogP contribution in [0.15, 0.2) is 72.8 Å². The number of hydrogen-bond donors (Lipinski definition) is 1. The molecule has 0 radical (unpaired) electrons. The topological polar surface area (TPSA) is 73.9 Å². The monoisotopic (exact) mass is 453 g/mol. The van der Waals surface area contributed by atoms with Crippen molar-refractivity contribution in [2.24, 2.45) is 0 Å². The van der Waals surface area contributed by atoms with Crippen molar-refractivity contribution in [1.82, 2.24) is 5.32 Å². The highest BCUT2D eigenvalue weighted by atomic mass is 35.5. The van der Waals surface area contributed by atoms with Gasteiger partial charge in [0.05, 0.1) is 26.7 Å². The zero-order valence-corrected chi connectivity index (χ0v) is 18.6. The van der Waals surface area contributed by atoms with Crippen molar-refractivity contribution in [3.8, 4) is 11.5 Å². The summed E-state index contributed by atoms with van der Waals surface area (Å²) in [5.41, 5.74) is 2.46. The van der Waals surface area contributed by atoms with E-state index in [1.165, 1.54) is 14.2 Å². The molecule has 0 fully saturated rings. The largest absolute Gasteiger partial charge is 0.493 e. The van der Waals surface area contributed by atoms with Crippen LogP contribution in [0.3, 0.4) is 0 Å². The second kappa shape index (κ2) is 11.2. The van der Waals surface area contributed by atoms with Gasteiger partial charge in [-0.05, 0) is 41.0 Å². The van der Waals surface area contributed by atoms with Gasteiger partial charge in [-0.25, -0.2) is 0 Å². The van der Waals surface area contributed by atoms with Crippen molar-refractivity contribution in [3.05, 3.63) is 94.5 Å². The van der Waals surface area contributed by atoms with Crippen molar-refractivity contribution in [1.29, 1.82) is 0 Å². The maximum atomic E-state index is 12.6. The van der Waals surface area contributed by atoms with Crippen LogP contribution in [0.4, 0.5) is 0 Å². The van der Waals surface area contributed by atoms with Gasteiger partial charge in [-0.15, -0.1) is 0 Å². The molecule has 166 valence electrons. The number of carbonyl (C=O) groups excluding carboxylic acids is 2. The number of hydrogen-bond acceptors (Lipinski definition) is 5. The molecule has 0 spiro atoms. The number of amides is 1. The molecule has 1 atom stereocenters. The molecule has 6 nitrogen and oxygen atoms in total. The summed E-state index contributed by atoms with van der Waals surface area (Å²) in [5.74, 6) is 0.159. The molecule has 32 heavy (non-hydrogen) atoms. The van der Waals surface area contributed by atoms with Gasteiger partial charge >= 0.3 is 5.97 Å². The van der Waals surface area contributed by atoms with Crippen molar-refractivity contribution < 1.29 is 23.8 Å². The Balaban J connectivity index is 1.61. The van der Waals surface area contributed by atoms with Crippen molar-refractivity contribution >= 4 is 23.5 Å². The molecule has 0 aliphatic heterocycles. The van der Waals surface area contributed by atoms with Crippen LogP contribution in [0.2, 0.25) is 5.02 Å². The molecule has 0 saturated heterocycles. The first kappa shape index (κ1) is 23.2. The number of carbonyl (C=O) groups is 2. The van der Waals surface area contributed by atoms with Crippen LogP contribution in [0, 0.1) is 0 Å². The summed E-state index contributed by atoms with van der Waals surface area (Å²) in [7, 11) is 3.06. The normalized spacial score (nSPS) is 11.3. The second-order valence-corrected chi connectivity index (χ2v) is 7.43. The number of nitrogens with one attached hydrogen (secondary N) is 1. The number of esters is 1. The first-order chi connectivity index (χ1) is 15.5. The number of halogens is 1. The van der Waals surface area contributed by atoms with Crippen LogP contribution in [0.25, 0.3) is 0 Å². The van der Waals surface area contributed by atoms with Gasteiger partial charge in [0.25, 0.3) is 5.91 Å². The summed E-state index contributed by atoms with van der Waals surface area (Å²) in [6.45, 7) is -0.386. The van der Waals surface area contributed by atoms with E-state index < -0.39 is 17.9 Å². The van der Waals surface area contributed by atoms with E-state index in [1.807, 2.05) is 42.5 Å². The SMILES string of the molecule is COc1ccc(CC(=O)OCC(=O)NC(c2ccccc2)c2ccc(Cl)cc2)cc1OC. The third kappa shape index (κ3) is 6.25. The molecule has 3 aromatic rings. The Bertz CT molecular complexity index is 1050. The lowest BCUT2D eigenvalue weighted by Gasteiger charge is -2.20. The highest BCUT2D eigenvalue weighted by molar-refractivity contribution is 6.30. The quantitative estimate of drug-likeness (QED) is 0.487. The highest BCUT2D eigenvalue weighted by Crippen LogP contribution is 2.28. The van der Waals surface area contributed by atoms with Gasteiger partial charge < -0.3 is 19.5 Å². The summed E-state index contributed by atoms with van der Waals surface area (Å²) in [4.78, 5) is 24.8. The van der Waals surface area contributed by atoms with Gasteiger partial charge in [0.15, 0.2) is 18.1 Å². The van der Waals surface area contributed by atoms with E-state index in [1.54, 1.807) is 30.3 Å². The Hall–Kier alpha value is -3.51. The van der Waals surface area contributed by atoms with E-state index in [0.29, 0.717) is 22.1 Å². The fraction of sp³-hybridized carbons (Fsp3) is 0.200. The summed E-state index contributed by atoms with van der Waals surface area (Å²) in [6, 6.07) is 21.5. The van der Waals surface area contributed by atoms with Crippen LogP contribution >= 0.6 is 11.6 Å². The van der Waals surface area contributed by atoms with Gasteiger partial charge in [0.2, 0.25) is 0 Å². The Morgan fingerprint density at radius 2 is 1.53 bits per heavy atom. The Morgan fingerprint density at radius 3 is 2.19 bits per heavy atom. The molecule has 0 aromatic heterocycles. The maximum Gasteiger partial charge on any atom is 0.310 e. The van der Waals surface area contributed by atoms with Crippen molar-refractivity contribution in [2.75, 3.05) is 20.8 Å². The predicted octanol–water partition coefficient (Wildman–Crippen LogP) is 4.35. The van der Waals surface area contributed by atoms with Gasteiger partial charge in [-0.1, -0.05) is 60.1 Å². The van der Waals surface area contributed by atoms with Gasteiger partial charge in [0.1, 0.15) is 0 Å². The highest BCUT2D eigenvalue weighted by Gasteiger charge is 2.18. The molecule has 0 heterocycles. The van der Waals surface area contributed by atoms with E-state index in [4.69, 9.17) is 25.8 Å². The number of rotatable bonds is 9. The van der Waals surface area contributed by atoms with Crippen LogP contribution in [0.5, 0.6) is 11.5 Å². The lowest BCUT2D eigenvalue weighted by Crippen LogP contribution is -2.33. The lowest BCUT2D eigenvalue weighted by molar-refractivity contribution is -0.148. The zero-order valence-electron chi connectivity index (χ0n) is 17.8. The van der Waals surface area contributed by atoms with Crippen molar-refractivity contribution in [2.45, 2.75) is 12.5 Å². The van der Waals surface area contributed by atoms with Crippen LogP contribution in [-0.2, 0) is 20.7 Å². The molecular weight excluding hydrogens is 430 g/mol. The van der Waals surface area contributed by atoms with E-state index in [-0.39, 0.29) is 13.0 Å². The summed E-state index contributed by atoms with van der Waals surface area (Å²) in [5, 5.41) is 3.53. The first-order valence-corrected chi connectivity index (χ1v) is 10.3. The molecule has 0 saturated carbocycles. The van der Waals surface area contributed by atoms with E-state index in [9.17, 15) is 9.59 Å². The molecule has 0 aliphatic carbocycles. The Labute approximate surface area is 192 Å². The van der Waals surface area contributed by atoms with E-state index >= 15 is 0 Å². The summed E-state index contributed by atoms with van der Waals surface area (Å²) in [6.07, 6.45) is 0.00688. The summed E-state index contributed by atoms with van der Waals surface area (Å²) >= 11 is 6.00. The van der Waals surface area contributed by atoms with Crippen LogP contribution < -0.4 is 14.8 Å². The van der Waals surface area contributed by atoms with Crippen LogP contribution in [-0.4, -0.2) is 32.7 Å². The molecule has 7 heteroatoms. The van der Waals surface area contributed by atoms with Gasteiger partial charge in [0, 0.05) is 5.02 Å². The minimum absolute atomic E-state index is 0.00688.